The van der Waals surface area contributed by atoms with Gasteiger partial charge >= 0.3 is 5.51 Å². The van der Waals surface area contributed by atoms with Crippen LogP contribution >= 0.6 is 0 Å². The number of hydrogen-bond donors (Lipinski definition) is 1. The lowest BCUT2D eigenvalue weighted by atomic mass is 10.3. The second kappa shape index (κ2) is 6.14. The summed E-state index contributed by atoms with van der Waals surface area (Å²) in [4.78, 5) is -1.03. The summed E-state index contributed by atoms with van der Waals surface area (Å²) in [6.45, 7) is -0.829. The standard InChI is InChI=1S/C9H8F5NO3S2/c10-6-1-2-7(11)8(5-6)20(17,18)15-3-4-19(16)9(12,13)14/h1-2,5,15H,3-4H2. The van der Waals surface area contributed by atoms with Gasteiger partial charge in [-0.15, -0.1) is 0 Å². The maximum Gasteiger partial charge on any atom is 0.471 e. The molecule has 1 unspecified atom stereocenters. The molecule has 0 fully saturated rings. The monoisotopic (exact) mass is 337 g/mol. The molecule has 0 saturated carbocycles. The van der Waals surface area contributed by atoms with Crippen molar-refractivity contribution in [3.8, 4) is 0 Å². The molecule has 1 rings (SSSR count). The summed E-state index contributed by atoms with van der Waals surface area (Å²) < 4.78 is 97.1. The van der Waals surface area contributed by atoms with E-state index in [1.54, 1.807) is 4.72 Å². The summed E-state index contributed by atoms with van der Waals surface area (Å²) in [5, 5.41) is 0. The van der Waals surface area contributed by atoms with Gasteiger partial charge in [0.1, 0.15) is 27.3 Å². The van der Waals surface area contributed by atoms with Crippen molar-refractivity contribution in [2.75, 3.05) is 12.3 Å². The van der Waals surface area contributed by atoms with Crippen molar-refractivity contribution in [1.82, 2.24) is 4.72 Å². The Labute approximate surface area is 113 Å². The zero-order valence-electron chi connectivity index (χ0n) is 9.58. The minimum absolute atomic E-state index is 0.387. The Morgan fingerprint density at radius 1 is 1.20 bits per heavy atom. The molecule has 0 spiro atoms. The van der Waals surface area contributed by atoms with Gasteiger partial charge < -0.3 is 0 Å². The summed E-state index contributed by atoms with van der Waals surface area (Å²) >= 11 is 0. The molecule has 0 aromatic heterocycles. The van der Waals surface area contributed by atoms with Crippen molar-refractivity contribution in [2.24, 2.45) is 0 Å². The van der Waals surface area contributed by atoms with Crippen LogP contribution in [0.1, 0.15) is 0 Å². The molecule has 0 amide bonds. The molecular formula is C9H8F5NO3S2. The Hall–Kier alpha value is -1.07. The van der Waals surface area contributed by atoms with E-state index in [4.69, 9.17) is 0 Å². The molecule has 0 bridgehead atoms. The van der Waals surface area contributed by atoms with Crippen molar-refractivity contribution in [3.05, 3.63) is 29.8 Å². The highest BCUT2D eigenvalue weighted by molar-refractivity contribution is 7.89. The minimum Gasteiger partial charge on any atom is -0.250 e. The van der Waals surface area contributed by atoms with E-state index >= 15 is 0 Å². The summed E-state index contributed by atoms with van der Waals surface area (Å²) in [6, 6.07) is 1.64. The van der Waals surface area contributed by atoms with Crippen molar-refractivity contribution < 1.29 is 34.6 Å². The van der Waals surface area contributed by atoms with Crippen molar-refractivity contribution in [1.29, 1.82) is 0 Å². The molecular weight excluding hydrogens is 329 g/mol. The Balaban J connectivity index is 2.77. The van der Waals surface area contributed by atoms with Gasteiger partial charge in [-0.1, -0.05) is 0 Å². The fourth-order valence-electron chi connectivity index (χ4n) is 1.15. The summed E-state index contributed by atoms with van der Waals surface area (Å²) in [5.74, 6) is -3.30. The summed E-state index contributed by atoms with van der Waals surface area (Å²) in [7, 11) is -7.75. The molecule has 0 aliphatic carbocycles. The number of halogens is 5. The van der Waals surface area contributed by atoms with Crippen LogP contribution in [-0.4, -0.2) is 30.4 Å². The highest BCUT2D eigenvalue weighted by atomic mass is 32.2. The Kier molecular flexibility index (Phi) is 5.21. The van der Waals surface area contributed by atoms with E-state index in [-0.39, 0.29) is 0 Å². The van der Waals surface area contributed by atoms with Crippen LogP contribution in [0.4, 0.5) is 22.0 Å². The highest BCUT2D eigenvalue weighted by Crippen LogP contribution is 2.20. The van der Waals surface area contributed by atoms with Crippen LogP contribution in [-0.2, 0) is 20.8 Å². The van der Waals surface area contributed by atoms with Gasteiger partial charge in [-0.25, -0.2) is 21.9 Å². The van der Waals surface area contributed by atoms with Gasteiger partial charge in [-0.3, -0.25) is 4.21 Å². The number of rotatable bonds is 5. The minimum atomic E-state index is -4.96. The second-order valence-corrected chi connectivity index (χ2v) is 6.77. The normalized spacial score (nSPS) is 14.2. The molecule has 0 aliphatic heterocycles. The third-order valence-electron chi connectivity index (χ3n) is 2.02. The molecule has 1 aromatic carbocycles. The average molecular weight is 337 g/mol. The van der Waals surface area contributed by atoms with Crippen molar-refractivity contribution >= 4 is 20.8 Å². The second-order valence-electron chi connectivity index (χ2n) is 3.47. The quantitative estimate of drug-likeness (QED) is 0.829. The van der Waals surface area contributed by atoms with Crippen LogP contribution < -0.4 is 4.72 Å². The Morgan fingerprint density at radius 2 is 1.80 bits per heavy atom. The third kappa shape index (κ3) is 4.49. The number of hydrogen-bond acceptors (Lipinski definition) is 3. The third-order valence-corrected chi connectivity index (χ3v) is 4.59. The first-order valence-electron chi connectivity index (χ1n) is 4.94. The fourth-order valence-corrected chi connectivity index (χ4v) is 2.91. The van der Waals surface area contributed by atoms with E-state index < -0.39 is 55.2 Å². The van der Waals surface area contributed by atoms with Crippen LogP contribution in [0.15, 0.2) is 23.1 Å². The highest BCUT2D eigenvalue weighted by Gasteiger charge is 2.36. The molecule has 1 N–H and O–H groups in total. The molecule has 20 heavy (non-hydrogen) atoms. The first kappa shape index (κ1) is 17.0. The molecule has 4 nitrogen and oxygen atoms in total. The lowest BCUT2D eigenvalue weighted by molar-refractivity contribution is -0.0383. The topological polar surface area (TPSA) is 63.2 Å². The predicted octanol–water partition coefficient (Wildman–Crippen LogP) is 1.51. The van der Waals surface area contributed by atoms with Crippen LogP contribution in [0.25, 0.3) is 0 Å². The van der Waals surface area contributed by atoms with Gasteiger partial charge in [0.05, 0.1) is 0 Å². The summed E-state index contributed by atoms with van der Waals surface area (Å²) in [5.41, 5.74) is -4.96. The maximum atomic E-state index is 13.2. The fraction of sp³-hybridized carbons (Fsp3) is 0.333. The van der Waals surface area contributed by atoms with Crippen molar-refractivity contribution in [3.63, 3.8) is 0 Å². The van der Waals surface area contributed by atoms with E-state index in [9.17, 15) is 34.6 Å². The maximum absolute atomic E-state index is 13.2. The zero-order valence-corrected chi connectivity index (χ0v) is 11.2. The van der Waals surface area contributed by atoms with Gasteiger partial charge in [-0.2, -0.15) is 13.2 Å². The van der Waals surface area contributed by atoms with Crippen LogP contribution in [0.2, 0.25) is 0 Å². The largest absolute Gasteiger partial charge is 0.471 e. The van der Waals surface area contributed by atoms with E-state index in [0.29, 0.717) is 18.2 Å². The number of nitrogens with one attached hydrogen (secondary N) is 1. The lowest BCUT2D eigenvalue weighted by Gasteiger charge is -2.09. The van der Waals surface area contributed by atoms with Gasteiger partial charge in [-0.05, 0) is 18.2 Å². The van der Waals surface area contributed by atoms with E-state index in [1.165, 1.54) is 0 Å². The molecule has 1 aromatic rings. The van der Waals surface area contributed by atoms with Crippen molar-refractivity contribution in [2.45, 2.75) is 10.4 Å². The lowest BCUT2D eigenvalue weighted by Crippen LogP contribution is -2.31. The molecule has 0 radical (unpaired) electrons. The van der Waals surface area contributed by atoms with Gasteiger partial charge in [0.15, 0.2) is 0 Å². The smallest absolute Gasteiger partial charge is 0.250 e. The van der Waals surface area contributed by atoms with Crippen LogP contribution in [0, 0.1) is 11.6 Å². The van der Waals surface area contributed by atoms with Crippen LogP contribution in [0.3, 0.4) is 0 Å². The van der Waals surface area contributed by atoms with E-state index in [0.717, 1.165) is 0 Å². The average Bonchev–Trinajstić information content (AvgIpc) is 2.30. The molecule has 114 valence electrons. The Morgan fingerprint density at radius 3 is 2.35 bits per heavy atom. The van der Waals surface area contributed by atoms with Gasteiger partial charge in [0.25, 0.3) is 0 Å². The summed E-state index contributed by atoms with van der Waals surface area (Å²) in [6.07, 6.45) is 0. The van der Waals surface area contributed by atoms with Crippen LogP contribution in [0.5, 0.6) is 0 Å². The number of benzene rings is 1. The zero-order chi connectivity index (χ0) is 15.6. The first-order chi connectivity index (χ1) is 9.04. The van der Waals surface area contributed by atoms with E-state index in [1.807, 2.05) is 0 Å². The van der Waals surface area contributed by atoms with Gasteiger partial charge in [0.2, 0.25) is 10.0 Å². The van der Waals surface area contributed by atoms with E-state index in [2.05, 4.69) is 0 Å². The number of sulfonamides is 1. The molecule has 0 saturated heterocycles. The Bertz CT molecular complexity index is 614. The SMILES string of the molecule is O=S(CCNS(=O)(=O)c1cc(F)ccc1F)C(F)(F)F. The molecule has 0 aliphatic rings. The first-order valence-corrected chi connectivity index (χ1v) is 7.74. The molecule has 11 heteroatoms. The number of alkyl halides is 3. The predicted molar refractivity (Wildman–Crippen MR) is 60.6 cm³/mol. The molecule has 0 heterocycles. The molecule has 1 atom stereocenters. The van der Waals surface area contributed by atoms with Gasteiger partial charge in [0, 0.05) is 12.3 Å².